The number of rotatable bonds is 8. The Balaban J connectivity index is 1.79. The lowest BCUT2D eigenvalue weighted by Crippen LogP contribution is -2.39. The molecular weight excluding hydrogens is 498 g/mol. The quantitative estimate of drug-likeness (QED) is 0.351. The van der Waals surface area contributed by atoms with Crippen LogP contribution >= 0.6 is 15.9 Å². The number of ether oxygens (including phenoxy) is 1. The van der Waals surface area contributed by atoms with E-state index in [-0.39, 0.29) is 16.4 Å². The lowest BCUT2D eigenvalue weighted by Gasteiger charge is -2.23. The van der Waals surface area contributed by atoms with Crippen LogP contribution in [0.1, 0.15) is 5.56 Å². The monoisotopic (exact) mass is 517 g/mol. The van der Waals surface area contributed by atoms with Crippen LogP contribution in [0, 0.1) is 0 Å². The van der Waals surface area contributed by atoms with Crippen molar-refractivity contribution in [3.63, 3.8) is 0 Å². The smallest absolute Gasteiger partial charge is 0.264 e. The number of phenolic OH excluding ortho intramolecular Hbond substituents is 1. The molecule has 3 rings (SSSR count). The Kier molecular flexibility index (Phi) is 7.49. The Bertz CT molecular complexity index is 1220. The summed E-state index contributed by atoms with van der Waals surface area (Å²) in [7, 11) is -2.56. The van der Waals surface area contributed by atoms with E-state index in [0.717, 1.165) is 4.31 Å². The molecule has 10 heteroatoms. The SMILES string of the molecule is COc1cc(/C=N\NC(=O)CN(c2ccccc2)S(=O)(=O)c2ccccc2)cc(Br)c1O. The van der Waals surface area contributed by atoms with Gasteiger partial charge in [0, 0.05) is 0 Å². The van der Waals surface area contributed by atoms with Crippen molar-refractivity contribution in [1.82, 2.24) is 5.43 Å². The van der Waals surface area contributed by atoms with Crippen molar-refractivity contribution in [2.24, 2.45) is 5.10 Å². The number of carbonyl (C=O) groups is 1. The van der Waals surface area contributed by atoms with Gasteiger partial charge in [-0.25, -0.2) is 13.8 Å². The maximum atomic E-state index is 13.2. The molecule has 0 heterocycles. The largest absolute Gasteiger partial charge is 0.503 e. The summed E-state index contributed by atoms with van der Waals surface area (Å²) >= 11 is 3.21. The van der Waals surface area contributed by atoms with Gasteiger partial charge in [-0.3, -0.25) is 9.10 Å². The number of amides is 1. The number of methoxy groups -OCH3 is 1. The van der Waals surface area contributed by atoms with Crippen molar-refractivity contribution in [3.05, 3.63) is 82.8 Å². The number of hydrogen-bond acceptors (Lipinski definition) is 6. The first-order valence-corrected chi connectivity index (χ1v) is 11.6. The van der Waals surface area contributed by atoms with Gasteiger partial charge in [-0.15, -0.1) is 0 Å². The van der Waals surface area contributed by atoms with Crippen LogP contribution in [0.25, 0.3) is 0 Å². The Labute approximate surface area is 194 Å². The first-order chi connectivity index (χ1) is 15.3. The van der Waals surface area contributed by atoms with Gasteiger partial charge in [0.2, 0.25) is 0 Å². The standard InChI is InChI=1S/C22H20BrN3O5S/c1-31-20-13-16(12-19(23)22(20)28)14-24-25-21(27)15-26(17-8-4-2-5-9-17)32(29,30)18-10-6-3-7-11-18/h2-14,28H,15H2,1H3,(H,25,27)/b24-14-. The molecule has 0 fully saturated rings. The van der Waals surface area contributed by atoms with Gasteiger partial charge in [-0.05, 0) is 57.9 Å². The molecule has 2 N–H and O–H groups in total. The van der Waals surface area contributed by atoms with Gasteiger partial charge >= 0.3 is 0 Å². The number of phenols is 1. The van der Waals surface area contributed by atoms with Crippen molar-refractivity contribution >= 4 is 43.8 Å². The molecule has 8 nitrogen and oxygen atoms in total. The number of nitrogens with zero attached hydrogens (tertiary/aromatic N) is 2. The maximum Gasteiger partial charge on any atom is 0.264 e. The fraction of sp³-hybridized carbons (Fsp3) is 0.0909. The van der Waals surface area contributed by atoms with Gasteiger partial charge in [0.1, 0.15) is 6.54 Å². The predicted octanol–water partition coefficient (Wildman–Crippen LogP) is 3.51. The molecule has 0 spiro atoms. The summed E-state index contributed by atoms with van der Waals surface area (Å²) < 4.78 is 32.8. The zero-order chi connectivity index (χ0) is 23.1. The van der Waals surface area contributed by atoms with E-state index in [1.165, 1.54) is 31.5 Å². The number of halogens is 1. The summed E-state index contributed by atoms with van der Waals surface area (Å²) in [4.78, 5) is 12.6. The Morgan fingerprint density at radius 1 is 1.12 bits per heavy atom. The number of para-hydroxylation sites is 1. The second kappa shape index (κ2) is 10.3. The summed E-state index contributed by atoms with van der Waals surface area (Å²) in [5.41, 5.74) is 3.23. The van der Waals surface area contributed by atoms with Crippen molar-refractivity contribution in [1.29, 1.82) is 0 Å². The van der Waals surface area contributed by atoms with Crippen LogP contribution < -0.4 is 14.5 Å². The molecule has 0 atom stereocenters. The number of aromatic hydroxyl groups is 1. The van der Waals surface area contributed by atoms with Crippen LogP contribution in [0.2, 0.25) is 0 Å². The average Bonchev–Trinajstić information content (AvgIpc) is 2.80. The van der Waals surface area contributed by atoms with Gasteiger partial charge in [0.25, 0.3) is 15.9 Å². The van der Waals surface area contributed by atoms with E-state index in [1.54, 1.807) is 54.6 Å². The van der Waals surface area contributed by atoms with Crippen LogP contribution in [0.5, 0.6) is 11.5 Å². The van der Waals surface area contributed by atoms with Gasteiger partial charge in [-0.2, -0.15) is 5.10 Å². The van der Waals surface area contributed by atoms with E-state index in [2.05, 4.69) is 26.5 Å². The van der Waals surface area contributed by atoms with Crippen LogP contribution in [0.4, 0.5) is 5.69 Å². The first kappa shape index (κ1) is 23.3. The zero-order valence-corrected chi connectivity index (χ0v) is 19.4. The summed E-state index contributed by atoms with van der Waals surface area (Å²) in [5, 5.41) is 13.7. The minimum atomic E-state index is -3.98. The molecule has 3 aromatic rings. The molecule has 0 bridgehead atoms. The highest BCUT2D eigenvalue weighted by molar-refractivity contribution is 9.10. The predicted molar refractivity (Wildman–Crippen MR) is 126 cm³/mol. The molecule has 0 aromatic heterocycles. The van der Waals surface area contributed by atoms with Gasteiger partial charge in [-0.1, -0.05) is 36.4 Å². The highest BCUT2D eigenvalue weighted by atomic mass is 79.9. The van der Waals surface area contributed by atoms with Crippen LogP contribution in [0.15, 0.2) is 87.3 Å². The van der Waals surface area contributed by atoms with E-state index in [4.69, 9.17) is 4.74 Å². The Hall–Kier alpha value is -3.37. The van der Waals surface area contributed by atoms with Crippen molar-refractivity contribution in [2.75, 3.05) is 18.0 Å². The summed E-state index contributed by atoms with van der Waals surface area (Å²) in [6, 6.07) is 19.4. The Morgan fingerprint density at radius 2 is 1.75 bits per heavy atom. The summed E-state index contributed by atoms with van der Waals surface area (Å²) in [5.74, 6) is -0.455. The van der Waals surface area contributed by atoms with Gasteiger partial charge in [0.05, 0.1) is 28.4 Å². The minimum Gasteiger partial charge on any atom is -0.503 e. The fourth-order valence-corrected chi connectivity index (χ4v) is 4.70. The number of benzene rings is 3. The molecule has 0 radical (unpaired) electrons. The highest BCUT2D eigenvalue weighted by Gasteiger charge is 2.26. The molecule has 0 unspecified atom stereocenters. The van der Waals surface area contributed by atoms with Crippen molar-refractivity contribution < 1.29 is 23.1 Å². The van der Waals surface area contributed by atoms with E-state index in [9.17, 15) is 18.3 Å². The number of nitrogens with one attached hydrogen (secondary N) is 1. The molecule has 166 valence electrons. The van der Waals surface area contributed by atoms with Gasteiger partial charge in [0.15, 0.2) is 11.5 Å². The second-order valence-electron chi connectivity index (χ2n) is 6.51. The highest BCUT2D eigenvalue weighted by Crippen LogP contribution is 2.34. The van der Waals surface area contributed by atoms with E-state index in [0.29, 0.717) is 15.7 Å². The molecule has 0 aliphatic carbocycles. The molecule has 0 saturated carbocycles. The maximum absolute atomic E-state index is 13.2. The number of carbonyl (C=O) groups excluding carboxylic acids is 1. The van der Waals surface area contributed by atoms with E-state index >= 15 is 0 Å². The van der Waals surface area contributed by atoms with Crippen LogP contribution in [-0.2, 0) is 14.8 Å². The molecule has 3 aromatic carbocycles. The van der Waals surface area contributed by atoms with E-state index in [1.807, 2.05) is 0 Å². The molecule has 0 aliphatic rings. The second-order valence-corrected chi connectivity index (χ2v) is 9.22. The minimum absolute atomic E-state index is 0.0571. The van der Waals surface area contributed by atoms with Gasteiger partial charge < -0.3 is 9.84 Å². The lowest BCUT2D eigenvalue weighted by molar-refractivity contribution is -0.119. The topological polar surface area (TPSA) is 108 Å². The number of sulfonamides is 1. The normalized spacial score (nSPS) is 11.3. The molecular formula is C22H20BrN3O5S. The fourth-order valence-electron chi connectivity index (χ4n) is 2.80. The number of hydrazone groups is 1. The zero-order valence-electron chi connectivity index (χ0n) is 17.0. The number of hydrogen-bond donors (Lipinski definition) is 2. The molecule has 0 aliphatic heterocycles. The van der Waals surface area contributed by atoms with Crippen LogP contribution in [0.3, 0.4) is 0 Å². The first-order valence-electron chi connectivity index (χ1n) is 9.34. The average molecular weight is 518 g/mol. The lowest BCUT2D eigenvalue weighted by atomic mass is 10.2. The van der Waals surface area contributed by atoms with E-state index < -0.39 is 22.5 Å². The third-order valence-electron chi connectivity index (χ3n) is 4.34. The van der Waals surface area contributed by atoms with Crippen LogP contribution in [-0.4, -0.2) is 39.3 Å². The third-order valence-corrected chi connectivity index (χ3v) is 6.73. The molecule has 1 amide bonds. The molecule has 32 heavy (non-hydrogen) atoms. The summed E-state index contributed by atoms with van der Waals surface area (Å²) in [6.45, 7) is -0.471. The summed E-state index contributed by atoms with van der Waals surface area (Å²) in [6.07, 6.45) is 1.35. The van der Waals surface area contributed by atoms with Crippen molar-refractivity contribution in [3.8, 4) is 11.5 Å². The molecule has 0 saturated heterocycles. The third kappa shape index (κ3) is 5.45. The number of anilines is 1. The Morgan fingerprint density at radius 3 is 2.38 bits per heavy atom. The van der Waals surface area contributed by atoms with Crippen molar-refractivity contribution in [2.45, 2.75) is 4.90 Å².